The summed E-state index contributed by atoms with van der Waals surface area (Å²) in [5, 5.41) is 2.94. The monoisotopic (exact) mass is 282 g/mol. The standard InChI is InChI=1S/C15H23FN2O2/c1-17-12-4-5-14(13(16)10-12)18-8-6-11(7-9-18)15(19-2)20-3/h4-5,10-11,15,17H,6-9H2,1-3H3. The first-order chi connectivity index (χ1) is 9.69. The number of benzene rings is 1. The summed E-state index contributed by atoms with van der Waals surface area (Å²) in [6.07, 6.45) is 1.73. The van der Waals surface area contributed by atoms with Crippen molar-refractivity contribution in [2.45, 2.75) is 19.1 Å². The summed E-state index contributed by atoms with van der Waals surface area (Å²) in [6, 6.07) is 5.28. The molecule has 112 valence electrons. The molecule has 1 aliphatic heterocycles. The average Bonchev–Trinajstić information content (AvgIpc) is 2.49. The third-order valence-corrected chi connectivity index (χ3v) is 3.97. The second-order valence-electron chi connectivity index (χ2n) is 5.08. The predicted molar refractivity (Wildman–Crippen MR) is 78.7 cm³/mol. The largest absolute Gasteiger partial charge is 0.388 e. The molecule has 0 amide bonds. The van der Waals surface area contributed by atoms with E-state index in [9.17, 15) is 4.39 Å². The van der Waals surface area contributed by atoms with Gasteiger partial charge >= 0.3 is 0 Å². The molecule has 2 rings (SSSR count). The molecule has 0 atom stereocenters. The number of hydrogen-bond acceptors (Lipinski definition) is 4. The number of halogens is 1. The van der Waals surface area contributed by atoms with Crippen molar-refractivity contribution in [3.05, 3.63) is 24.0 Å². The van der Waals surface area contributed by atoms with Gasteiger partial charge in [0.05, 0.1) is 5.69 Å². The van der Waals surface area contributed by atoms with Crippen molar-refractivity contribution in [1.82, 2.24) is 0 Å². The number of nitrogens with one attached hydrogen (secondary N) is 1. The molecule has 1 saturated heterocycles. The summed E-state index contributed by atoms with van der Waals surface area (Å²) in [6.45, 7) is 1.65. The quantitative estimate of drug-likeness (QED) is 0.842. The van der Waals surface area contributed by atoms with Gasteiger partial charge in [0.2, 0.25) is 0 Å². The summed E-state index contributed by atoms with van der Waals surface area (Å²) in [7, 11) is 5.11. The van der Waals surface area contributed by atoms with E-state index in [1.807, 2.05) is 12.1 Å². The lowest BCUT2D eigenvalue weighted by atomic mass is 9.95. The molecule has 0 aromatic heterocycles. The van der Waals surface area contributed by atoms with E-state index in [0.29, 0.717) is 11.6 Å². The van der Waals surface area contributed by atoms with Crippen molar-refractivity contribution >= 4 is 11.4 Å². The van der Waals surface area contributed by atoms with Crippen LogP contribution in [0.3, 0.4) is 0 Å². The summed E-state index contributed by atoms with van der Waals surface area (Å²) < 4.78 is 24.7. The van der Waals surface area contributed by atoms with Crippen molar-refractivity contribution in [1.29, 1.82) is 0 Å². The molecule has 0 aliphatic carbocycles. The molecular weight excluding hydrogens is 259 g/mol. The Hall–Kier alpha value is -1.33. The van der Waals surface area contributed by atoms with Crippen LogP contribution in [-0.2, 0) is 9.47 Å². The summed E-state index contributed by atoms with van der Waals surface area (Å²) >= 11 is 0. The Morgan fingerprint density at radius 2 is 1.90 bits per heavy atom. The Morgan fingerprint density at radius 1 is 1.25 bits per heavy atom. The highest BCUT2D eigenvalue weighted by molar-refractivity contribution is 5.56. The predicted octanol–water partition coefficient (Wildman–Crippen LogP) is 2.70. The highest BCUT2D eigenvalue weighted by atomic mass is 19.1. The van der Waals surface area contributed by atoms with Gasteiger partial charge in [-0.2, -0.15) is 0 Å². The van der Waals surface area contributed by atoms with Crippen molar-refractivity contribution in [3.8, 4) is 0 Å². The van der Waals surface area contributed by atoms with Gasteiger partial charge in [0.1, 0.15) is 5.82 Å². The smallest absolute Gasteiger partial charge is 0.159 e. The Labute approximate surface area is 119 Å². The van der Waals surface area contributed by atoms with E-state index in [2.05, 4.69) is 10.2 Å². The second-order valence-corrected chi connectivity index (χ2v) is 5.08. The summed E-state index contributed by atoms with van der Waals surface area (Å²) in [4.78, 5) is 2.09. The van der Waals surface area contributed by atoms with Gasteiger partial charge in [-0.15, -0.1) is 0 Å². The van der Waals surface area contributed by atoms with Gasteiger partial charge in [0.25, 0.3) is 0 Å². The molecular formula is C15H23FN2O2. The van der Waals surface area contributed by atoms with Gasteiger partial charge in [-0.25, -0.2) is 4.39 Å². The van der Waals surface area contributed by atoms with E-state index >= 15 is 0 Å². The molecule has 0 unspecified atom stereocenters. The van der Waals surface area contributed by atoms with Gasteiger partial charge in [0, 0.05) is 46.0 Å². The number of hydrogen-bond donors (Lipinski definition) is 1. The third kappa shape index (κ3) is 3.22. The second kappa shape index (κ2) is 6.90. The number of nitrogens with zero attached hydrogens (tertiary/aromatic N) is 1. The van der Waals surface area contributed by atoms with Crippen molar-refractivity contribution < 1.29 is 13.9 Å². The van der Waals surface area contributed by atoms with Crippen LogP contribution in [0.4, 0.5) is 15.8 Å². The maximum Gasteiger partial charge on any atom is 0.159 e. The number of anilines is 2. The van der Waals surface area contributed by atoms with E-state index in [4.69, 9.17) is 9.47 Å². The van der Waals surface area contributed by atoms with Crippen molar-refractivity contribution in [2.75, 3.05) is 44.6 Å². The van der Waals surface area contributed by atoms with Gasteiger partial charge in [-0.3, -0.25) is 0 Å². The lowest BCUT2D eigenvalue weighted by Crippen LogP contribution is -2.39. The maximum absolute atomic E-state index is 14.1. The zero-order chi connectivity index (χ0) is 14.5. The van der Waals surface area contributed by atoms with E-state index in [1.165, 1.54) is 6.07 Å². The van der Waals surface area contributed by atoms with Crippen LogP contribution in [0.2, 0.25) is 0 Å². The lowest BCUT2D eigenvalue weighted by Gasteiger charge is -2.36. The van der Waals surface area contributed by atoms with Crippen LogP contribution < -0.4 is 10.2 Å². The zero-order valence-corrected chi connectivity index (χ0v) is 12.4. The minimum absolute atomic E-state index is 0.159. The summed E-state index contributed by atoms with van der Waals surface area (Å²) in [5.41, 5.74) is 1.47. The van der Waals surface area contributed by atoms with Crippen molar-refractivity contribution in [2.24, 2.45) is 5.92 Å². The van der Waals surface area contributed by atoms with Gasteiger partial charge in [0.15, 0.2) is 6.29 Å². The Balaban J connectivity index is 2.00. The molecule has 1 aromatic carbocycles. The molecule has 4 nitrogen and oxygen atoms in total. The Kier molecular flexibility index (Phi) is 5.20. The number of piperidine rings is 1. The minimum atomic E-state index is -0.176. The molecule has 1 aromatic rings. The molecule has 5 heteroatoms. The first kappa shape index (κ1) is 15.1. The SMILES string of the molecule is CNc1ccc(N2CCC(C(OC)OC)CC2)c(F)c1. The summed E-state index contributed by atoms with van der Waals surface area (Å²) in [5.74, 6) is 0.200. The van der Waals surface area contributed by atoms with E-state index in [1.54, 1.807) is 21.3 Å². The van der Waals surface area contributed by atoms with Crippen LogP contribution in [0.1, 0.15) is 12.8 Å². The first-order valence-corrected chi connectivity index (χ1v) is 6.97. The van der Waals surface area contributed by atoms with Crippen LogP contribution in [-0.4, -0.2) is 40.6 Å². The highest BCUT2D eigenvalue weighted by Gasteiger charge is 2.27. The Morgan fingerprint density at radius 3 is 2.40 bits per heavy atom. The molecule has 20 heavy (non-hydrogen) atoms. The molecule has 1 aliphatic rings. The fourth-order valence-corrected chi connectivity index (χ4v) is 2.81. The molecule has 1 fully saturated rings. The lowest BCUT2D eigenvalue weighted by molar-refractivity contribution is -0.141. The van der Waals surface area contributed by atoms with Crippen LogP contribution in [0.5, 0.6) is 0 Å². The van der Waals surface area contributed by atoms with Gasteiger partial charge < -0.3 is 19.7 Å². The topological polar surface area (TPSA) is 33.7 Å². The van der Waals surface area contributed by atoms with Crippen LogP contribution >= 0.6 is 0 Å². The highest BCUT2D eigenvalue weighted by Crippen LogP contribution is 2.29. The molecule has 0 bridgehead atoms. The molecule has 0 spiro atoms. The van der Waals surface area contributed by atoms with Crippen LogP contribution in [0, 0.1) is 11.7 Å². The van der Waals surface area contributed by atoms with Crippen molar-refractivity contribution in [3.63, 3.8) is 0 Å². The maximum atomic E-state index is 14.1. The number of methoxy groups -OCH3 is 2. The average molecular weight is 282 g/mol. The van der Waals surface area contributed by atoms with Gasteiger partial charge in [-0.05, 0) is 31.0 Å². The fraction of sp³-hybridized carbons (Fsp3) is 0.600. The fourth-order valence-electron chi connectivity index (χ4n) is 2.81. The third-order valence-electron chi connectivity index (χ3n) is 3.97. The molecule has 1 heterocycles. The first-order valence-electron chi connectivity index (χ1n) is 6.97. The normalized spacial score (nSPS) is 16.8. The van der Waals surface area contributed by atoms with E-state index in [0.717, 1.165) is 31.6 Å². The van der Waals surface area contributed by atoms with E-state index in [-0.39, 0.29) is 12.1 Å². The number of ether oxygens (including phenoxy) is 2. The van der Waals surface area contributed by atoms with Crippen LogP contribution in [0.15, 0.2) is 18.2 Å². The number of rotatable bonds is 5. The zero-order valence-electron chi connectivity index (χ0n) is 12.4. The molecule has 0 saturated carbocycles. The Bertz CT molecular complexity index is 430. The molecule has 0 radical (unpaired) electrons. The van der Waals surface area contributed by atoms with Crippen LogP contribution in [0.25, 0.3) is 0 Å². The van der Waals surface area contributed by atoms with Gasteiger partial charge in [-0.1, -0.05) is 0 Å². The molecule has 1 N–H and O–H groups in total. The minimum Gasteiger partial charge on any atom is -0.388 e. The van der Waals surface area contributed by atoms with E-state index < -0.39 is 0 Å².